The van der Waals surface area contributed by atoms with E-state index in [-0.39, 0.29) is 0 Å². The first-order chi connectivity index (χ1) is 6.89. The summed E-state index contributed by atoms with van der Waals surface area (Å²) < 4.78 is 25.0. The summed E-state index contributed by atoms with van der Waals surface area (Å²) in [6.45, 7) is -0.977. The third-order valence-corrected chi connectivity index (χ3v) is 3.21. The monoisotopic (exact) mass is 346 g/mol. The Kier molecular flexibility index (Phi) is 3.82. The van der Waals surface area contributed by atoms with Crippen LogP contribution in [0.2, 0.25) is 0 Å². The van der Waals surface area contributed by atoms with E-state index in [1.807, 2.05) is 0 Å². The number of nitrogens with one attached hydrogen (secondary N) is 1. The number of hydrogen-bond donors (Lipinski definition) is 1. The lowest BCUT2D eigenvalue weighted by Gasteiger charge is -2.30. The van der Waals surface area contributed by atoms with Crippen molar-refractivity contribution >= 4 is 31.9 Å². The normalized spacial score (nSPS) is 30.5. The zero-order valence-corrected chi connectivity index (χ0v) is 10.4. The molecule has 1 rings (SSSR count). The molecule has 1 N–H and O–H groups in total. The van der Waals surface area contributed by atoms with Gasteiger partial charge in [-0.05, 0) is 12.2 Å². The first-order valence-electron chi connectivity index (χ1n) is 3.80. The van der Waals surface area contributed by atoms with Crippen LogP contribution in [-0.2, 0) is 0 Å². The van der Waals surface area contributed by atoms with Gasteiger partial charge in [0.1, 0.15) is 16.8 Å². The second-order valence-corrected chi connectivity index (χ2v) is 5.33. The van der Waals surface area contributed by atoms with Crippen LogP contribution in [0.5, 0.6) is 0 Å². The molecule has 1 aliphatic carbocycles. The Hall–Kier alpha value is -0.500. The summed E-state index contributed by atoms with van der Waals surface area (Å²) in [5, 5.41) is 9.32. The zero-order valence-electron chi connectivity index (χ0n) is 7.21. The minimum Gasteiger partial charge on any atom is -0.249 e. The maximum Gasteiger partial charge on any atom is 0.159 e. The first kappa shape index (κ1) is 12.6. The number of hydrogen-bond acceptors (Lipinski definition) is 2. The van der Waals surface area contributed by atoms with E-state index in [2.05, 4.69) is 31.9 Å². The number of rotatable bonds is 3. The summed E-state index contributed by atoms with van der Waals surface area (Å²) in [7, 11) is 0. The lowest BCUT2D eigenvalue weighted by molar-refractivity contribution is -0.550. The minimum absolute atomic E-state index is 0.330. The van der Waals surface area contributed by atoms with Gasteiger partial charge in [0.05, 0.1) is 0 Å². The maximum absolute atomic E-state index is 13.4. The molecular weight excluding hydrogens is 342 g/mol. The van der Waals surface area contributed by atoms with Crippen LogP contribution in [0.3, 0.4) is 0 Å². The van der Waals surface area contributed by atoms with Crippen LogP contribution >= 0.6 is 31.9 Å². The summed E-state index contributed by atoms with van der Waals surface area (Å²) in [5.41, 5.74) is 1.72. The molecule has 0 aromatic rings. The van der Waals surface area contributed by atoms with Gasteiger partial charge in [0.15, 0.2) is 11.1 Å². The number of nitrogens with zero attached hydrogens (tertiary/aromatic N) is 1. The van der Waals surface area contributed by atoms with Crippen molar-refractivity contribution in [1.29, 1.82) is 0 Å². The largest absolute Gasteiger partial charge is 0.249 e. The predicted octanol–water partition coefficient (Wildman–Crippen LogP) is 2.39. The van der Waals surface area contributed by atoms with Crippen molar-refractivity contribution in [2.45, 2.75) is 10.4 Å². The van der Waals surface area contributed by atoms with Crippen LogP contribution in [0, 0.1) is 10.1 Å². The van der Waals surface area contributed by atoms with Gasteiger partial charge in [-0.1, -0.05) is 31.9 Å². The van der Waals surface area contributed by atoms with Crippen molar-refractivity contribution in [3.05, 3.63) is 32.6 Å². The topological polar surface area (TPSA) is 55.2 Å². The van der Waals surface area contributed by atoms with Gasteiger partial charge >= 0.3 is 0 Å². The van der Waals surface area contributed by atoms with E-state index >= 15 is 0 Å². The van der Waals surface area contributed by atoms with Gasteiger partial charge in [0, 0.05) is 4.48 Å². The molecule has 0 heterocycles. The molecule has 0 aromatic heterocycles. The molecule has 0 spiro atoms. The van der Waals surface area contributed by atoms with Crippen LogP contribution < -0.4 is 5.43 Å². The van der Waals surface area contributed by atoms with Crippen LogP contribution in [-0.4, -0.2) is 22.1 Å². The van der Waals surface area contributed by atoms with E-state index in [1.54, 1.807) is 5.43 Å². The molecular formula is C7H6Br2F2N2O2. The van der Waals surface area contributed by atoms with Crippen LogP contribution in [0.25, 0.3) is 0 Å². The summed E-state index contributed by atoms with van der Waals surface area (Å²) in [6.07, 6.45) is 2.38. The smallest absolute Gasteiger partial charge is 0.159 e. The molecule has 0 amide bonds. The Balaban J connectivity index is 3.02. The quantitative estimate of drug-likeness (QED) is 0.484. The van der Waals surface area contributed by atoms with Crippen molar-refractivity contribution in [3.63, 3.8) is 0 Å². The lowest BCUT2D eigenvalue weighted by atomic mass is 9.95. The molecule has 0 aromatic carbocycles. The third-order valence-electron chi connectivity index (χ3n) is 1.85. The predicted molar refractivity (Wildman–Crippen MR) is 57.8 cm³/mol. The van der Waals surface area contributed by atoms with E-state index in [4.69, 9.17) is 0 Å². The molecule has 2 unspecified atom stereocenters. The second kappa shape index (κ2) is 4.56. The third kappa shape index (κ3) is 2.75. The molecule has 0 aliphatic heterocycles. The molecule has 0 bridgehead atoms. The van der Waals surface area contributed by atoms with E-state index in [1.165, 1.54) is 6.08 Å². The van der Waals surface area contributed by atoms with E-state index < -0.39 is 27.9 Å². The average molecular weight is 348 g/mol. The summed E-state index contributed by atoms with van der Waals surface area (Å²) in [6, 6.07) is -1.36. The van der Waals surface area contributed by atoms with Crippen LogP contribution in [0.1, 0.15) is 0 Å². The lowest BCUT2D eigenvalue weighted by Crippen LogP contribution is -2.51. The van der Waals surface area contributed by atoms with Crippen LogP contribution in [0.4, 0.5) is 8.78 Å². The fraction of sp³-hybridized carbons (Fsp3) is 0.429. The van der Waals surface area contributed by atoms with Gasteiger partial charge < -0.3 is 0 Å². The molecule has 84 valence electrons. The highest BCUT2D eigenvalue weighted by Crippen LogP contribution is 2.37. The maximum atomic E-state index is 13.4. The van der Waals surface area contributed by atoms with E-state index in [0.717, 1.165) is 6.08 Å². The zero-order chi connectivity index (χ0) is 11.6. The van der Waals surface area contributed by atoms with Gasteiger partial charge in [-0.2, -0.15) is 0 Å². The Labute approximate surface area is 101 Å². The summed E-state index contributed by atoms with van der Waals surface area (Å²) in [5.74, 6) is -0.810. The highest BCUT2D eigenvalue weighted by Gasteiger charge is 2.43. The highest BCUT2D eigenvalue weighted by atomic mass is 79.9. The van der Waals surface area contributed by atoms with Crippen molar-refractivity contribution in [1.82, 2.24) is 5.43 Å². The molecule has 15 heavy (non-hydrogen) atoms. The molecule has 0 fully saturated rings. The Morgan fingerprint density at radius 1 is 1.73 bits per heavy atom. The standard InChI is InChI=1S/C7H6Br2F2N2O2/c8-4-1-5(11)6(12-13(14)15)7(9,2-4)3-10/h1-2,6,12H,3H2. The van der Waals surface area contributed by atoms with Crippen molar-refractivity contribution in [2.24, 2.45) is 0 Å². The highest BCUT2D eigenvalue weighted by molar-refractivity contribution is 9.12. The van der Waals surface area contributed by atoms with Crippen molar-refractivity contribution in [3.8, 4) is 0 Å². The molecule has 4 nitrogen and oxygen atoms in total. The Morgan fingerprint density at radius 3 is 2.80 bits per heavy atom. The summed E-state index contributed by atoms with van der Waals surface area (Å²) >= 11 is 5.93. The van der Waals surface area contributed by atoms with Crippen LogP contribution in [0.15, 0.2) is 22.5 Å². The molecule has 0 saturated heterocycles. The Bertz CT molecular complexity index is 348. The Morgan fingerprint density at radius 2 is 2.33 bits per heavy atom. The number of hydrazine groups is 1. The number of halogens is 4. The van der Waals surface area contributed by atoms with Gasteiger partial charge in [0.25, 0.3) is 0 Å². The fourth-order valence-corrected chi connectivity index (χ4v) is 2.69. The van der Waals surface area contributed by atoms with Gasteiger partial charge in [0.2, 0.25) is 0 Å². The molecule has 2 atom stereocenters. The number of allylic oxidation sites excluding steroid dienone is 2. The second-order valence-electron chi connectivity index (χ2n) is 2.94. The fourth-order valence-electron chi connectivity index (χ4n) is 1.19. The molecule has 0 radical (unpaired) electrons. The van der Waals surface area contributed by atoms with Crippen molar-refractivity contribution < 1.29 is 13.8 Å². The molecule has 0 saturated carbocycles. The van der Waals surface area contributed by atoms with Gasteiger partial charge in [-0.25, -0.2) is 18.9 Å². The van der Waals surface area contributed by atoms with E-state index in [9.17, 15) is 18.9 Å². The van der Waals surface area contributed by atoms with Gasteiger partial charge in [-0.3, -0.25) is 0 Å². The number of nitro groups is 1. The van der Waals surface area contributed by atoms with Crippen molar-refractivity contribution in [2.75, 3.05) is 6.67 Å². The summed E-state index contributed by atoms with van der Waals surface area (Å²) in [4.78, 5) is 10.2. The SMILES string of the molecule is O=[N+]([O-])NC1C(F)=CC(Br)=CC1(Br)CF. The first-order valence-corrected chi connectivity index (χ1v) is 5.38. The molecule has 8 heteroatoms. The van der Waals surface area contributed by atoms with E-state index in [0.29, 0.717) is 4.48 Å². The van der Waals surface area contributed by atoms with Gasteiger partial charge in [-0.15, -0.1) is 5.43 Å². The average Bonchev–Trinajstić information content (AvgIpc) is 2.11. The molecule has 1 aliphatic rings. The minimum atomic E-state index is -1.45. The number of alkyl halides is 2.